The molecule has 1 N–H and O–H groups in total. The highest BCUT2D eigenvalue weighted by molar-refractivity contribution is 5.49. The predicted octanol–water partition coefficient (Wildman–Crippen LogP) is 2.12. The fourth-order valence-electron chi connectivity index (χ4n) is 2.99. The molecule has 0 saturated heterocycles. The van der Waals surface area contributed by atoms with Crippen LogP contribution in [-0.2, 0) is 17.8 Å². The first-order valence-electron chi connectivity index (χ1n) is 7.23. The van der Waals surface area contributed by atoms with E-state index in [4.69, 9.17) is 19.4 Å². The quantitative estimate of drug-likeness (QED) is 0.915. The lowest BCUT2D eigenvalue weighted by atomic mass is 9.99. The van der Waals surface area contributed by atoms with Gasteiger partial charge in [0.15, 0.2) is 0 Å². The average molecular weight is 283 g/mol. The normalized spacial score (nSPS) is 19.6. The maximum Gasteiger partial charge on any atom is 0.142 e. The van der Waals surface area contributed by atoms with E-state index in [9.17, 15) is 0 Å². The molecule has 3 heterocycles. The highest BCUT2D eigenvalue weighted by Crippen LogP contribution is 2.37. The molecule has 0 aliphatic carbocycles. The van der Waals surface area contributed by atoms with Gasteiger partial charge in [-0.1, -0.05) is 18.2 Å². The van der Waals surface area contributed by atoms with E-state index >= 15 is 0 Å². The minimum atomic E-state index is 0.112. The molecule has 2 aliphatic rings. The Kier molecular flexibility index (Phi) is 3.00. The third kappa shape index (κ3) is 2.05. The van der Waals surface area contributed by atoms with Gasteiger partial charge in [0.25, 0.3) is 0 Å². The smallest absolute Gasteiger partial charge is 0.142 e. The molecule has 5 heteroatoms. The van der Waals surface area contributed by atoms with Gasteiger partial charge in [0, 0.05) is 24.6 Å². The lowest BCUT2D eigenvalue weighted by molar-refractivity contribution is 0.109. The van der Waals surface area contributed by atoms with E-state index in [1.54, 1.807) is 0 Å². The topological polar surface area (TPSA) is 56.3 Å². The fraction of sp³-hybridized carbons (Fsp3) is 0.375. The number of rotatable bonds is 2. The molecule has 1 aromatic carbocycles. The second-order valence-electron chi connectivity index (χ2n) is 5.31. The van der Waals surface area contributed by atoms with Crippen LogP contribution in [0.15, 0.2) is 24.3 Å². The minimum absolute atomic E-state index is 0.112. The van der Waals surface area contributed by atoms with Crippen molar-refractivity contribution in [3.63, 3.8) is 0 Å². The average Bonchev–Trinajstić information content (AvgIpc) is 2.98. The summed E-state index contributed by atoms with van der Waals surface area (Å²) in [6.45, 7) is 1.92. The standard InChI is InChI=1S/C16H17N3O2/c1-17-15-12-8-20-7-6-13(12)18-16(19-15)11-9-21-14-5-3-2-4-10(11)14/h2-5,11H,6-9H2,1H3,(H,17,18,19). The van der Waals surface area contributed by atoms with Crippen molar-refractivity contribution in [3.05, 3.63) is 46.9 Å². The van der Waals surface area contributed by atoms with Crippen molar-refractivity contribution < 1.29 is 9.47 Å². The van der Waals surface area contributed by atoms with Gasteiger partial charge >= 0.3 is 0 Å². The van der Waals surface area contributed by atoms with Crippen LogP contribution in [0.2, 0.25) is 0 Å². The number of anilines is 1. The number of hydrogen-bond acceptors (Lipinski definition) is 5. The van der Waals surface area contributed by atoms with Crippen molar-refractivity contribution in [2.75, 3.05) is 25.6 Å². The molecule has 21 heavy (non-hydrogen) atoms. The van der Waals surface area contributed by atoms with E-state index in [-0.39, 0.29) is 5.92 Å². The molecule has 108 valence electrons. The maximum atomic E-state index is 5.76. The van der Waals surface area contributed by atoms with Gasteiger partial charge in [0.2, 0.25) is 0 Å². The number of hydrogen-bond donors (Lipinski definition) is 1. The number of aromatic nitrogens is 2. The molecule has 1 atom stereocenters. The summed E-state index contributed by atoms with van der Waals surface area (Å²) >= 11 is 0. The van der Waals surface area contributed by atoms with E-state index in [0.717, 1.165) is 41.7 Å². The Morgan fingerprint density at radius 2 is 2.14 bits per heavy atom. The lowest BCUT2D eigenvalue weighted by Gasteiger charge is -2.20. The second kappa shape index (κ2) is 5.00. The molecule has 1 unspecified atom stereocenters. The van der Waals surface area contributed by atoms with Crippen LogP contribution >= 0.6 is 0 Å². The molecule has 0 bridgehead atoms. The number of nitrogens with zero attached hydrogens (tertiary/aromatic N) is 2. The Hall–Kier alpha value is -2.14. The molecule has 0 saturated carbocycles. The maximum absolute atomic E-state index is 5.76. The molecule has 4 rings (SSSR count). The molecule has 0 spiro atoms. The van der Waals surface area contributed by atoms with Gasteiger partial charge in [-0.3, -0.25) is 0 Å². The SMILES string of the molecule is CNc1nc(C2COc3ccccc32)nc2c1COCC2. The monoisotopic (exact) mass is 283 g/mol. The summed E-state index contributed by atoms with van der Waals surface area (Å²) in [5.74, 6) is 2.77. The Morgan fingerprint density at radius 1 is 1.24 bits per heavy atom. The zero-order valence-electron chi connectivity index (χ0n) is 11.9. The summed E-state index contributed by atoms with van der Waals surface area (Å²) in [4.78, 5) is 9.49. The zero-order valence-corrected chi connectivity index (χ0v) is 11.9. The van der Waals surface area contributed by atoms with Gasteiger partial charge < -0.3 is 14.8 Å². The van der Waals surface area contributed by atoms with Crippen molar-refractivity contribution in [1.82, 2.24) is 9.97 Å². The van der Waals surface area contributed by atoms with Crippen LogP contribution in [0.25, 0.3) is 0 Å². The highest BCUT2D eigenvalue weighted by Gasteiger charge is 2.29. The van der Waals surface area contributed by atoms with Crippen molar-refractivity contribution in [1.29, 1.82) is 0 Å². The van der Waals surface area contributed by atoms with Crippen LogP contribution in [0.3, 0.4) is 0 Å². The highest BCUT2D eigenvalue weighted by atomic mass is 16.5. The van der Waals surface area contributed by atoms with E-state index in [0.29, 0.717) is 13.2 Å². The van der Waals surface area contributed by atoms with Crippen molar-refractivity contribution >= 4 is 5.82 Å². The fourth-order valence-corrected chi connectivity index (χ4v) is 2.99. The predicted molar refractivity (Wildman–Crippen MR) is 78.7 cm³/mol. The van der Waals surface area contributed by atoms with E-state index in [1.807, 2.05) is 25.2 Å². The molecule has 1 aromatic heterocycles. The van der Waals surface area contributed by atoms with Crippen LogP contribution in [-0.4, -0.2) is 30.2 Å². The van der Waals surface area contributed by atoms with Gasteiger partial charge in [-0.25, -0.2) is 9.97 Å². The van der Waals surface area contributed by atoms with Gasteiger partial charge in [-0.05, 0) is 6.07 Å². The summed E-state index contributed by atoms with van der Waals surface area (Å²) in [6, 6.07) is 8.12. The Labute approximate surface area is 123 Å². The van der Waals surface area contributed by atoms with Gasteiger partial charge in [-0.2, -0.15) is 0 Å². The number of nitrogens with one attached hydrogen (secondary N) is 1. The first-order valence-corrected chi connectivity index (χ1v) is 7.23. The summed E-state index contributed by atoms with van der Waals surface area (Å²) in [7, 11) is 1.89. The third-order valence-electron chi connectivity index (χ3n) is 4.09. The minimum Gasteiger partial charge on any atom is -0.492 e. The molecule has 5 nitrogen and oxygen atoms in total. The molecule has 2 aliphatic heterocycles. The van der Waals surface area contributed by atoms with Crippen LogP contribution in [0, 0.1) is 0 Å². The Morgan fingerprint density at radius 3 is 3.05 bits per heavy atom. The lowest BCUT2D eigenvalue weighted by Crippen LogP contribution is -2.19. The molecule has 0 radical (unpaired) electrons. The zero-order chi connectivity index (χ0) is 14.2. The second-order valence-corrected chi connectivity index (χ2v) is 5.31. The molecular formula is C16H17N3O2. The van der Waals surface area contributed by atoms with E-state index in [1.165, 1.54) is 5.56 Å². The van der Waals surface area contributed by atoms with Crippen molar-refractivity contribution in [2.45, 2.75) is 18.9 Å². The van der Waals surface area contributed by atoms with Gasteiger partial charge in [0.05, 0.1) is 24.8 Å². The molecule has 0 amide bonds. The molecule has 2 aromatic rings. The van der Waals surface area contributed by atoms with E-state index < -0.39 is 0 Å². The van der Waals surface area contributed by atoms with Crippen LogP contribution < -0.4 is 10.1 Å². The molecular weight excluding hydrogens is 266 g/mol. The Balaban J connectivity index is 1.80. The number of fused-ring (bicyclic) bond motifs is 2. The van der Waals surface area contributed by atoms with Gasteiger partial charge in [-0.15, -0.1) is 0 Å². The van der Waals surface area contributed by atoms with Crippen LogP contribution in [0.4, 0.5) is 5.82 Å². The third-order valence-corrected chi connectivity index (χ3v) is 4.09. The number of para-hydroxylation sites is 1. The summed E-state index contributed by atoms with van der Waals surface area (Å²) in [5.41, 5.74) is 3.35. The van der Waals surface area contributed by atoms with E-state index in [2.05, 4.69) is 11.4 Å². The van der Waals surface area contributed by atoms with Crippen molar-refractivity contribution in [3.8, 4) is 5.75 Å². The first kappa shape index (κ1) is 12.6. The van der Waals surface area contributed by atoms with Gasteiger partial charge in [0.1, 0.15) is 24.0 Å². The van der Waals surface area contributed by atoms with Crippen LogP contribution in [0.5, 0.6) is 5.75 Å². The summed E-state index contributed by atoms with van der Waals surface area (Å²) < 4.78 is 11.3. The number of benzene rings is 1. The molecule has 0 fully saturated rings. The largest absolute Gasteiger partial charge is 0.492 e. The van der Waals surface area contributed by atoms with Crippen LogP contribution in [0.1, 0.15) is 28.6 Å². The van der Waals surface area contributed by atoms with Crippen molar-refractivity contribution in [2.24, 2.45) is 0 Å². The number of ether oxygens (including phenoxy) is 2. The summed E-state index contributed by atoms with van der Waals surface area (Å²) in [5, 5.41) is 3.17. The summed E-state index contributed by atoms with van der Waals surface area (Å²) in [6.07, 6.45) is 0.842. The first-order chi connectivity index (χ1) is 10.4. The Bertz CT molecular complexity index is 670.